The van der Waals surface area contributed by atoms with Gasteiger partial charge in [0.1, 0.15) is 5.75 Å². The van der Waals surface area contributed by atoms with Crippen molar-refractivity contribution in [1.82, 2.24) is 9.71 Å². The predicted octanol–water partition coefficient (Wildman–Crippen LogP) is 4.20. The third-order valence-electron chi connectivity index (χ3n) is 5.32. The molecule has 1 fully saturated rings. The standard InChI is InChI=1S/C23H20F3N3O4S/c24-23(25,26)33-18-5-1-15(2-6-18)14-28-34(31,32)19-7-3-17(4-8-19)29-22(30)21-13-20(21)16-9-11-27-12-10-16/h1-12,20-21,28H,13-14H2,(H,29,30). The van der Waals surface area contributed by atoms with Crippen molar-refractivity contribution in [2.24, 2.45) is 5.92 Å². The summed E-state index contributed by atoms with van der Waals surface area (Å²) in [6.07, 6.45) is -0.676. The summed E-state index contributed by atoms with van der Waals surface area (Å²) < 4.78 is 67.9. The lowest BCUT2D eigenvalue weighted by atomic mass is 10.1. The van der Waals surface area contributed by atoms with Gasteiger partial charge >= 0.3 is 6.36 Å². The summed E-state index contributed by atoms with van der Waals surface area (Å²) >= 11 is 0. The number of rotatable bonds is 8. The molecule has 2 atom stereocenters. The van der Waals surface area contributed by atoms with E-state index in [0.717, 1.165) is 24.1 Å². The van der Waals surface area contributed by atoms with E-state index in [9.17, 15) is 26.4 Å². The van der Waals surface area contributed by atoms with Gasteiger partial charge in [0, 0.05) is 30.5 Å². The molecule has 0 spiro atoms. The van der Waals surface area contributed by atoms with Crippen LogP contribution in [0.1, 0.15) is 23.5 Å². The molecule has 7 nitrogen and oxygen atoms in total. The molecule has 0 saturated heterocycles. The van der Waals surface area contributed by atoms with Crippen molar-refractivity contribution in [3.8, 4) is 5.75 Å². The quantitative estimate of drug-likeness (QED) is 0.492. The molecule has 0 aliphatic heterocycles. The van der Waals surface area contributed by atoms with Crippen LogP contribution < -0.4 is 14.8 Å². The Bertz CT molecular complexity index is 1250. The van der Waals surface area contributed by atoms with Crippen LogP contribution in [0.2, 0.25) is 0 Å². The van der Waals surface area contributed by atoms with Crippen LogP contribution in [0.4, 0.5) is 18.9 Å². The largest absolute Gasteiger partial charge is 0.573 e. The van der Waals surface area contributed by atoms with Crippen molar-refractivity contribution in [3.05, 3.63) is 84.2 Å². The van der Waals surface area contributed by atoms with E-state index < -0.39 is 22.1 Å². The topological polar surface area (TPSA) is 97.4 Å². The van der Waals surface area contributed by atoms with Gasteiger partial charge in [0.25, 0.3) is 0 Å². The minimum absolute atomic E-state index is 0.0105. The summed E-state index contributed by atoms with van der Waals surface area (Å²) in [5, 5.41) is 2.80. The molecule has 0 bridgehead atoms. The van der Waals surface area contributed by atoms with Crippen LogP contribution in [0.3, 0.4) is 0 Å². The van der Waals surface area contributed by atoms with E-state index in [1.54, 1.807) is 12.4 Å². The van der Waals surface area contributed by atoms with Gasteiger partial charge in [0.05, 0.1) is 4.90 Å². The molecule has 11 heteroatoms. The van der Waals surface area contributed by atoms with Crippen LogP contribution in [-0.4, -0.2) is 25.7 Å². The van der Waals surface area contributed by atoms with Crippen molar-refractivity contribution in [2.75, 3.05) is 5.32 Å². The molecule has 2 N–H and O–H groups in total. The Balaban J connectivity index is 1.31. The summed E-state index contributed by atoms with van der Waals surface area (Å²) in [6.45, 7) is -0.120. The van der Waals surface area contributed by atoms with E-state index in [-0.39, 0.29) is 29.2 Å². The Morgan fingerprint density at radius 3 is 2.26 bits per heavy atom. The van der Waals surface area contributed by atoms with Crippen LogP contribution in [0.15, 0.2) is 78.0 Å². The van der Waals surface area contributed by atoms with E-state index in [4.69, 9.17) is 0 Å². The molecule has 1 saturated carbocycles. The monoisotopic (exact) mass is 491 g/mol. The number of alkyl halides is 3. The lowest BCUT2D eigenvalue weighted by Gasteiger charge is -2.10. The highest BCUT2D eigenvalue weighted by molar-refractivity contribution is 7.89. The molecule has 3 aromatic rings. The number of nitrogens with zero attached hydrogens (tertiary/aromatic N) is 1. The molecular formula is C23H20F3N3O4S. The summed E-state index contributed by atoms with van der Waals surface area (Å²) in [6, 6.07) is 14.4. The molecule has 0 radical (unpaired) electrons. The number of anilines is 1. The third-order valence-corrected chi connectivity index (χ3v) is 6.73. The minimum atomic E-state index is -4.80. The molecule has 2 aromatic carbocycles. The van der Waals surface area contributed by atoms with Gasteiger partial charge in [-0.25, -0.2) is 13.1 Å². The maximum atomic E-state index is 12.5. The average molecular weight is 491 g/mol. The number of amides is 1. The number of hydrogen-bond acceptors (Lipinski definition) is 5. The molecule has 1 aliphatic rings. The first kappa shape index (κ1) is 23.7. The number of hydrogen-bond donors (Lipinski definition) is 2. The molecule has 2 unspecified atom stereocenters. The third kappa shape index (κ3) is 6.12. The number of halogens is 3. The highest BCUT2D eigenvalue weighted by Crippen LogP contribution is 2.47. The average Bonchev–Trinajstić information content (AvgIpc) is 3.60. The van der Waals surface area contributed by atoms with Gasteiger partial charge in [-0.05, 0) is 72.0 Å². The fraction of sp³-hybridized carbons (Fsp3) is 0.217. The van der Waals surface area contributed by atoms with Crippen LogP contribution in [0.25, 0.3) is 0 Å². The number of pyridine rings is 1. The summed E-state index contributed by atoms with van der Waals surface area (Å²) in [5.74, 6) is -0.509. The molecule has 1 aliphatic carbocycles. The first-order valence-corrected chi connectivity index (χ1v) is 11.7. The maximum Gasteiger partial charge on any atom is 0.573 e. The number of ether oxygens (including phenoxy) is 1. The van der Waals surface area contributed by atoms with E-state index in [1.807, 2.05) is 12.1 Å². The molecule has 1 aromatic heterocycles. The zero-order chi connectivity index (χ0) is 24.3. The second-order valence-electron chi connectivity index (χ2n) is 7.76. The number of carbonyl (C=O) groups excluding carboxylic acids is 1. The Labute approximate surface area is 194 Å². The smallest absolute Gasteiger partial charge is 0.406 e. The van der Waals surface area contributed by atoms with Crippen molar-refractivity contribution < 1.29 is 31.1 Å². The van der Waals surface area contributed by atoms with Crippen LogP contribution in [0, 0.1) is 5.92 Å². The molecular weight excluding hydrogens is 471 g/mol. The van der Waals surface area contributed by atoms with Crippen molar-refractivity contribution in [1.29, 1.82) is 0 Å². The number of nitrogens with one attached hydrogen (secondary N) is 2. The summed E-state index contributed by atoms with van der Waals surface area (Å²) in [4.78, 5) is 16.4. The van der Waals surface area contributed by atoms with Crippen LogP contribution >= 0.6 is 0 Å². The number of aromatic nitrogens is 1. The Morgan fingerprint density at radius 2 is 1.65 bits per heavy atom. The lowest BCUT2D eigenvalue weighted by molar-refractivity contribution is -0.274. The van der Waals surface area contributed by atoms with Gasteiger partial charge in [0.15, 0.2) is 0 Å². The molecule has 34 heavy (non-hydrogen) atoms. The maximum absolute atomic E-state index is 12.5. The first-order chi connectivity index (χ1) is 16.1. The van der Waals surface area contributed by atoms with Gasteiger partial charge in [-0.1, -0.05) is 12.1 Å². The summed E-state index contributed by atoms with van der Waals surface area (Å²) in [7, 11) is -3.87. The Morgan fingerprint density at radius 1 is 1.00 bits per heavy atom. The predicted molar refractivity (Wildman–Crippen MR) is 117 cm³/mol. The molecule has 4 rings (SSSR count). The molecule has 1 heterocycles. The molecule has 178 valence electrons. The second-order valence-corrected chi connectivity index (χ2v) is 9.53. The fourth-order valence-electron chi connectivity index (χ4n) is 3.49. The fourth-order valence-corrected chi connectivity index (χ4v) is 4.50. The van der Waals surface area contributed by atoms with Gasteiger partial charge in [-0.2, -0.15) is 0 Å². The van der Waals surface area contributed by atoms with Crippen molar-refractivity contribution in [3.63, 3.8) is 0 Å². The number of carbonyl (C=O) groups is 1. The first-order valence-electron chi connectivity index (χ1n) is 10.3. The highest BCUT2D eigenvalue weighted by atomic mass is 32.2. The highest BCUT2D eigenvalue weighted by Gasteiger charge is 2.43. The zero-order valence-electron chi connectivity index (χ0n) is 17.6. The van der Waals surface area contributed by atoms with E-state index in [0.29, 0.717) is 11.3 Å². The Hall–Kier alpha value is -3.44. The van der Waals surface area contributed by atoms with Crippen molar-refractivity contribution >= 4 is 21.6 Å². The Kier molecular flexibility index (Phi) is 6.58. The van der Waals surface area contributed by atoms with Gasteiger partial charge in [-0.15, -0.1) is 13.2 Å². The summed E-state index contributed by atoms with van der Waals surface area (Å²) in [5.41, 5.74) is 1.99. The lowest BCUT2D eigenvalue weighted by Crippen LogP contribution is -2.23. The zero-order valence-corrected chi connectivity index (χ0v) is 18.4. The normalized spacial score (nSPS) is 17.7. The van der Waals surface area contributed by atoms with Crippen LogP contribution in [0.5, 0.6) is 5.75 Å². The van der Waals surface area contributed by atoms with E-state index >= 15 is 0 Å². The number of benzene rings is 2. The number of sulfonamides is 1. The van der Waals surface area contributed by atoms with E-state index in [1.165, 1.54) is 36.4 Å². The van der Waals surface area contributed by atoms with Gasteiger partial charge < -0.3 is 10.1 Å². The van der Waals surface area contributed by atoms with Crippen molar-refractivity contribution in [2.45, 2.75) is 30.1 Å². The SMILES string of the molecule is O=C(Nc1ccc(S(=O)(=O)NCc2ccc(OC(F)(F)F)cc2)cc1)C1CC1c1ccncc1. The van der Waals surface area contributed by atoms with Gasteiger partial charge in [-0.3, -0.25) is 9.78 Å². The second kappa shape index (κ2) is 9.43. The van der Waals surface area contributed by atoms with Crippen LogP contribution in [-0.2, 0) is 21.4 Å². The van der Waals surface area contributed by atoms with E-state index in [2.05, 4.69) is 19.8 Å². The minimum Gasteiger partial charge on any atom is -0.406 e. The van der Waals surface area contributed by atoms with Gasteiger partial charge in [0.2, 0.25) is 15.9 Å². The molecule has 1 amide bonds.